The molecule has 2 aromatic rings. The molecule has 152 valence electrons. The molecule has 1 aliphatic heterocycles. The summed E-state index contributed by atoms with van der Waals surface area (Å²) in [7, 11) is -7.90. The number of benzene rings is 2. The van der Waals surface area contributed by atoms with E-state index in [2.05, 4.69) is 0 Å². The van der Waals surface area contributed by atoms with E-state index in [0.717, 1.165) is 15.4 Å². The highest BCUT2D eigenvalue weighted by atomic mass is 32.2. The van der Waals surface area contributed by atoms with Crippen molar-refractivity contribution in [3.63, 3.8) is 0 Å². The second-order valence-electron chi connectivity index (χ2n) is 6.98. The zero-order valence-electron chi connectivity index (χ0n) is 15.6. The van der Waals surface area contributed by atoms with Gasteiger partial charge in [-0.1, -0.05) is 35.4 Å². The average Bonchev–Trinajstić information content (AvgIpc) is 3.02. The van der Waals surface area contributed by atoms with E-state index in [1.807, 2.05) is 13.8 Å². The maximum Gasteiger partial charge on any atom is 0.297 e. The number of nitrogens with zero attached hydrogens (tertiary/aromatic N) is 1. The van der Waals surface area contributed by atoms with Crippen LogP contribution >= 0.6 is 0 Å². The van der Waals surface area contributed by atoms with Gasteiger partial charge in [-0.15, -0.1) is 0 Å². The number of sulfonamides is 1. The van der Waals surface area contributed by atoms with Gasteiger partial charge in [0.05, 0.1) is 28.5 Å². The smallest absolute Gasteiger partial charge is 0.297 e. The lowest BCUT2D eigenvalue weighted by molar-refractivity contribution is 0.186. The zero-order valence-corrected chi connectivity index (χ0v) is 17.3. The fourth-order valence-electron chi connectivity index (χ4n) is 3.10. The Hall–Kier alpha value is -1.78. The molecule has 1 aliphatic rings. The SMILES string of the molecule is Cc1ccc(S(=O)(=O)OC[C@@H]2C[C@@H](O)CN2S(=O)(=O)c2ccc(C)cc2)cc1. The van der Waals surface area contributed by atoms with Crippen LogP contribution in [-0.4, -0.2) is 51.5 Å². The van der Waals surface area contributed by atoms with E-state index in [0.29, 0.717) is 0 Å². The van der Waals surface area contributed by atoms with Crippen molar-refractivity contribution < 1.29 is 26.1 Å². The maximum absolute atomic E-state index is 12.9. The molecule has 7 nitrogen and oxygen atoms in total. The lowest BCUT2D eigenvalue weighted by atomic mass is 10.2. The topological polar surface area (TPSA) is 101 Å². The number of hydrogen-bond donors (Lipinski definition) is 1. The molecule has 0 radical (unpaired) electrons. The van der Waals surface area contributed by atoms with Crippen LogP contribution < -0.4 is 0 Å². The first-order valence-corrected chi connectivity index (χ1v) is 11.7. The Morgan fingerprint density at radius 2 is 1.43 bits per heavy atom. The molecule has 0 spiro atoms. The molecular weight excluding hydrogens is 402 g/mol. The van der Waals surface area contributed by atoms with Crippen molar-refractivity contribution in [3.8, 4) is 0 Å². The summed E-state index contributed by atoms with van der Waals surface area (Å²) in [6.45, 7) is 3.22. The van der Waals surface area contributed by atoms with Gasteiger partial charge in [0.25, 0.3) is 10.1 Å². The van der Waals surface area contributed by atoms with E-state index in [4.69, 9.17) is 4.18 Å². The second-order valence-corrected chi connectivity index (χ2v) is 10.5. The van der Waals surface area contributed by atoms with Crippen LogP contribution in [0.5, 0.6) is 0 Å². The van der Waals surface area contributed by atoms with Gasteiger partial charge in [-0.25, -0.2) is 8.42 Å². The first kappa shape index (κ1) is 20.9. The van der Waals surface area contributed by atoms with E-state index in [1.54, 1.807) is 24.3 Å². The number of aryl methyl sites for hydroxylation is 2. The van der Waals surface area contributed by atoms with Crippen LogP contribution in [0.15, 0.2) is 58.3 Å². The van der Waals surface area contributed by atoms with Crippen molar-refractivity contribution in [2.75, 3.05) is 13.2 Å². The zero-order chi connectivity index (χ0) is 20.5. The summed E-state index contributed by atoms with van der Waals surface area (Å²) in [5.41, 5.74) is 1.83. The predicted molar refractivity (Wildman–Crippen MR) is 104 cm³/mol. The highest BCUT2D eigenvalue weighted by Gasteiger charge is 2.40. The summed E-state index contributed by atoms with van der Waals surface area (Å²) < 4.78 is 56.9. The largest absolute Gasteiger partial charge is 0.392 e. The van der Waals surface area contributed by atoms with Gasteiger partial charge in [0.15, 0.2) is 0 Å². The first-order valence-electron chi connectivity index (χ1n) is 8.82. The fourth-order valence-corrected chi connectivity index (χ4v) is 5.70. The highest BCUT2D eigenvalue weighted by molar-refractivity contribution is 7.89. The third kappa shape index (κ3) is 4.44. The normalized spacial score (nSPS) is 21.1. The Kier molecular flexibility index (Phi) is 5.92. The average molecular weight is 426 g/mol. The molecule has 1 N–H and O–H groups in total. The summed E-state index contributed by atoms with van der Waals surface area (Å²) in [5, 5.41) is 9.99. The molecule has 0 unspecified atom stereocenters. The fraction of sp³-hybridized carbons (Fsp3) is 0.368. The molecule has 9 heteroatoms. The third-order valence-electron chi connectivity index (χ3n) is 4.69. The molecule has 2 aromatic carbocycles. The van der Waals surface area contributed by atoms with Crippen LogP contribution in [0, 0.1) is 13.8 Å². The minimum atomic E-state index is -4.02. The van der Waals surface area contributed by atoms with Crippen LogP contribution in [-0.2, 0) is 24.3 Å². The maximum atomic E-state index is 12.9. The molecule has 1 heterocycles. The Bertz CT molecular complexity index is 1030. The Morgan fingerprint density at radius 3 is 1.96 bits per heavy atom. The number of β-amino-alcohol motifs (C(OH)–C–C–N with tert-alkyl or cyclic N) is 1. The Morgan fingerprint density at radius 1 is 0.929 bits per heavy atom. The molecule has 1 saturated heterocycles. The minimum absolute atomic E-state index is 0.00425. The molecule has 0 aliphatic carbocycles. The van der Waals surface area contributed by atoms with Gasteiger partial charge >= 0.3 is 0 Å². The monoisotopic (exact) mass is 425 g/mol. The lowest BCUT2D eigenvalue weighted by Crippen LogP contribution is -2.39. The summed E-state index contributed by atoms with van der Waals surface area (Å²) in [6.07, 6.45) is -0.773. The molecule has 0 saturated carbocycles. The molecule has 0 bridgehead atoms. The highest BCUT2D eigenvalue weighted by Crippen LogP contribution is 2.27. The molecule has 0 aromatic heterocycles. The Labute approximate surface area is 165 Å². The van der Waals surface area contributed by atoms with Gasteiger partial charge in [-0.3, -0.25) is 4.18 Å². The van der Waals surface area contributed by atoms with E-state index in [-0.39, 0.29) is 29.4 Å². The van der Waals surface area contributed by atoms with Gasteiger partial charge in [-0.2, -0.15) is 12.7 Å². The van der Waals surface area contributed by atoms with E-state index in [9.17, 15) is 21.9 Å². The number of hydrogen-bond acceptors (Lipinski definition) is 6. The van der Waals surface area contributed by atoms with Crippen molar-refractivity contribution in [1.82, 2.24) is 4.31 Å². The molecule has 3 rings (SSSR count). The first-order chi connectivity index (χ1) is 13.1. The van der Waals surface area contributed by atoms with Gasteiger partial charge in [0, 0.05) is 6.54 Å². The van der Waals surface area contributed by atoms with Crippen molar-refractivity contribution >= 4 is 20.1 Å². The second kappa shape index (κ2) is 7.92. The summed E-state index contributed by atoms with van der Waals surface area (Å²) in [4.78, 5) is 0.100. The van der Waals surface area contributed by atoms with E-state index < -0.39 is 32.3 Å². The van der Waals surface area contributed by atoms with Crippen LogP contribution in [0.2, 0.25) is 0 Å². The van der Waals surface area contributed by atoms with Crippen molar-refractivity contribution in [1.29, 1.82) is 0 Å². The minimum Gasteiger partial charge on any atom is -0.392 e. The molecule has 0 amide bonds. The van der Waals surface area contributed by atoms with Gasteiger partial charge in [-0.05, 0) is 44.5 Å². The predicted octanol–water partition coefficient (Wildman–Crippen LogP) is 1.83. The van der Waals surface area contributed by atoms with Crippen molar-refractivity contribution in [2.45, 2.75) is 42.2 Å². The molecule has 2 atom stereocenters. The number of aliphatic hydroxyl groups excluding tert-OH is 1. The molecular formula is C19H23NO6S2. The van der Waals surface area contributed by atoms with Gasteiger partial charge < -0.3 is 5.11 Å². The van der Waals surface area contributed by atoms with Gasteiger partial charge in [0.2, 0.25) is 10.0 Å². The summed E-state index contributed by atoms with van der Waals surface area (Å²) in [6, 6.07) is 11.8. The van der Waals surface area contributed by atoms with Crippen LogP contribution in [0.1, 0.15) is 17.5 Å². The van der Waals surface area contributed by atoms with Gasteiger partial charge in [0.1, 0.15) is 0 Å². The third-order valence-corrected chi connectivity index (χ3v) is 7.92. The number of rotatable bonds is 6. The van der Waals surface area contributed by atoms with Crippen molar-refractivity contribution in [2.24, 2.45) is 0 Å². The Balaban J connectivity index is 1.79. The van der Waals surface area contributed by atoms with E-state index in [1.165, 1.54) is 24.3 Å². The summed E-state index contributed by atoms with van der Waals surface area (Å²) in [5.74, 6) is 0. The van der Waals surface area contributed by atoms with Crippen LogP contribution in [0.25, 0.3) is 0 Å². The lowest BCUT2D eigenvalue weighted by Gasteiger charge is -2.23. The van der Waals surface area contributed by atoms with Crippen molar-refractivity contribution in [3.05, 3.63) is 59.7 Å². The van der Waals surface area contributed by atoms with E-state index >= 15 is 0 Å². The van der Waals surface area contributed by atoms with Crippen LogP contribution in [0.4, 0.5) is 0 Å². The quantitative estimate of drug-likeness (QED) is 0.709. The van der Waals surface area contributed by atoms with Crippen LogP contribution in [0.3, 0.4) is 0 Å². The standard InChI is InChI=1S/C19H23NO6S2/c1-14-3-7-18(8-4-14)27(22,23)20-12-17(21)11-16(20)13-26-28(24,25)19-9-5-15(2)6-10-19/h3-10,16-17,21H,11-13H2,1-2H3/t16-,17+/m0/s1. The molecule has 1 fully saturated rings. The summed E-state index contributed by atoms with van der Waals surface area (Å²) >= 11 is 0. The molecule has 28 heavy (non-hydrogen) atoms. The number of aliphatic hydroxyl groups is 1.